The number of ether oxygens (including phenoxy) is 1. The quantitative estimate of drug-likeness (QED) is 0.666. The first-order valence-electron chi connectivity index (χ1n) is 8.68. The van der Waals surface area contributed by atoms with Gasteiger partial charge in [0.05, 0.1) is 18.0 Å². The van der Waals surface area contributed by atoms with E-state index in [4.69, 9.17) is 4.74 Å². The lowest BCUT2D eigenvalue weighted by atomic mass is 10.1. The molecule has 0 saturated heterocycles. The minimum absolute atomic E-state index is 0.0365. The van der Waals surface area contributed by atoms with E-state index < -0.39 is 29.2 Å². The summed E-state index contributed by atoms with van der Waals surface area (Å²) >= 11 is 0. The van der Waals surface area contributed by atoms with Gasteiger partial charge in [0.15, 0.2) is 0 Å². The van der Waals surface area contributed by atoms with Gasteiger partial charge in [-0.3, -0.25) is 9.36 Å². The number of aromatic nitrogens is 2. The van der Waals surface area contributed by atoms with Crippen LogP contribution >= 0.6 is 0 Å². The first-order chi connectivity index (χ1) is 13.8. The highest BCUT2D eigenvalue weighted by molar-refractivity contribution is 6.09. The normalized spacial score (nSPS) is 10.6. The second kappa shape index (κ2) is 8.09. The fourth-order valence-corrected chi connectivity index (χ4v) is 2.90. The van der Waals surface area contributed by atoms with Gasteiger partial charge >= 0.3 is 11.8 Å². The number of ketones is 1. The number of benzene rings is 2. The van der Waals surface area contributed by atoms with Crippen LogP contribution in [0.4, 0.5) is 13.6 Å². The Hall–Kier alpha value is -3.75. The number of hydrogen-bond donors (Lipinski definition) is 1. The molecule has 9 heteroatoms. The van der Waals surface area contributed by atoms with E-state index in [1.807, 2.05) is 0 Å². The number of carbonyl (C=O) groups excluding carboxylic acids is 2. The van der Waals surface area contributed by atoms with E-state index in [0.29, 0.717) is 10.7 Å². The molecule has 0 aliphatic rings. The minimum atomic E-state index is -0.998. The third kappa shape index (κ3) is 3.79. The van der Waals surface area contributed by atoms with Gasteiger partial charge in [0.1, 0.15) is 17.3 Å². The van der Waals surface area contributed by atoms with Crippen LogP contribution in [0.2, 0.25) is 0 Å². The molecule has 1 aromatic heterocycles. The summed E-state index contributed by atoms with van der Waals surface area (Å²) < 4.78 is 34.0. The number of nitrogens with zero attached hydrogens (tertiary/aromatic N) is 2. The lowest BCUT2D eigenvalue weighted by molar-refractivity contribution is 0.103. The van der Waals surface area contributed by atoms with Crippen molar-refractivity contribution < 1.29 is 23.1 Å². The van der Waals surface area contributed by atoms with Crippen LogP contribution in [0.3, 0.4) is 0 Å². The second-order valence-electron chi connectivity index (χ2n) is 6.01. The Morgan fingerprint density at radius 1 is 1.10 bits per heavy atom. The molecular weight excluding hydrogens is 384 g/mol. The molecule has 1 heterocycles. The maximum atomic E-state index is 14.3. The standard InChI is InChI=1S/C20H17F2N3O4/c1-3-29-19(27)23-25-17(18(26)13-7-5-4-6-8-13)12(2)24(20(25)28)16-10-9-14(21)11-15(16)22/h4-11H,3H2,1-2H3,(H,23,27). The fourth-order valence-electron chi connectivity index (χ4n) is 2.90. The van der Waals surface area contributed by atoms with Crippen LogP contribution in [-0.2, 0) is 4.74 Å². The van der Waals surface area contributed by atoms with Crippen molar-refractivity contribution in [1.29, 1.82) is 0 Å². The van der Waals surface area contributed by atoms with Crippen molar-refractivity contribution in [3.63, 3.8) is 0 Å². The SMILES string of the molecule is CCOC(=O)Nn1c(C(=O)c2ccccc2)c(C)n(-c2ccc(F)cc2F)c1=O. The second-order valence-corrected chi connectivity index (χ2v) is 6.01. The minimum Gasteiger partial charge on any atom is -0.449 e. The molecule has 0 aliphatic carbocycles. The molecule has 2 aromatic carbocycles. The Morgan fingerprint density at radius 2 is 1.79 bits per heavy atom. The Morgan fingerprint density at radius 3 is 2.41 bits per heavy atom. The summed E-state index contributed by atoms with van der Waals surface area (Å²) in [4.78, 5) is 37.9. The molecule has 0 spiro atoms. The van der Waals surface area contributed by atoms with Crippen molar-refractivity contribution in [2.75, 3.05) is 12.0 Å². The van der Waals surface area contributed by atoms with Crippen molar-refractivity contribution in [1.82, 2.24) is 9.24 Å². The smallest absolute Gasteiger partial charge is 0.426 e. The summed E-state index contributed by atoms with van der Waals surface area (Å²) in [7, 11) is 0. The highest BCUT2D eigenvalue weighted by Crippen LogP contribution is 2.19. The van der Waals surface area contributed by atoms with Gasteiger partial charge in [-0.25, -0.2) is 23.8 Å². The fraction of sp³-hybridized carbons (Fsp3) is 0.150. The molecule has 150 valence electrons. The van der Waals surface area contributed by atoms with Crippen LogP contribution in [0, 0.1) is 18.6 Å². The molecule has 3 rings (SSSR count). The number of hydrogen-bond acceptors (Lipinski definition) is 4. The van der Waals surface area contributed by atoms with Gasteiger partial charge in [0, 0.05) is 11.6 Å². The molecule has 29 heavy (non-hydrogen) atoms. The van der Waals surface area contributed by atoms with E-state index in [9.17, 15) is 23.2 Å². The van der Waals surface area contributed by atoms with Crippen LogP contribution in [0.25, 0.3) is 5.69 Å². The monoisotopic (exact) mass is 401 g/mol. The van der Waals surface area contributed by atoms with Crippen LogP contribution in [0.1, 0.15) is 28.7 Å². The van der Waals surface area contributed by atoms with Crippen LogP contribution in [0.5, 0.6) is 0 Å². The van der Waals surface area contributed by atoms with E-state index in [2.05, 4.69) is 5.43 Å². The summed E-state index contributed by atoms with van der Waals surface area (Å²) in [6.07, 6.45) is -0.964. The zero-order valence-electron chi connectivity index (χ0n) is 15.6. The molecule has 0 saturated carbocycles. The number of carbonyl (C=O) groups is 2. The summed E-state index contributed by atoms with van der Waals surface area (Å²) in [5.41, 5.74) is 1.15. The first kappa shape index (κ1) is 20.0. The van der Waals surface area contributed by atoms with Crippen LogP contribution in [-0.4, -0.2) is 27.7 Å². The highest BCUT2D eigenvalue weighted by Gasteiger charge is 2.27. The Labute approximate surface area is 164 Å². The van der Waals surface area contributed by atoms with Gasteiger partial charge in [0.25, 0.3) is 0 Å². The number of amides is 1. The van der Waals surface area contributed by atoms with E-state index in [1.54, 1.807) is 25.1 Å². The van der Waals surface area contributed by atoms with E-state index in [0.717, 1.165) is 16.7 Å². The number of imidazole rings is 1. The molecule has 1 amide bonds. The lowest BCUT2D eigenvalue weighted by Gasteiger charge is -2.09. The number of halogens is 2. The highest BCUT2D eigenvalue weighted by atomic mass is 19.1. The summed E-state index contributed by atoms with van der Waals surface area (Å²) in [5, 5.41) is 0. The van der Waals surface area contributed by atoms with Gasteiger partial charge in [-0.2, -0.15) is 4.68 Å². The van der Waals surface area contributed by atoms with E-state index in [-0.39, 0.29) is 29.2 Å². The Kier molecular flexibility index (Phi) is 5.58. The molecule has 0 aliphatic heterocycles. The van der Waals surface area contributed by atoms with Crippen molar-refractivity contribution in [3.8, 4) is 5.69 Å². The first-order valence-corrected chi connectivity index (χ1v) is 8.68. The Bertz CT molecular complexity index is 1140. The third-order valence-corrected chi connectivity index (χ3v) is 4.16. The van der Waals surface area contributed by atoms with Gasteiger partial charge in [0.2, 0.25) is 5.78 Å². The summed E-state index contributed by atoms with van der Waals surface area (Å²) in [6.45, 7) is 3.03. The van der Waals surface area contributed by atoms with Crippen molar-refractivity contribution >= 4 is 11.9 Å². The van der Waals surface area contributed by atoms with E-state index in [1.165, 1.54) is 19.1 Å². The Balaban J connectivity index is 2.24. The zero-order valence-corrected chi connectivity index (χ0v) is 15.6. The average Bonchev–Trinajstić information content (AvgIpc) is 2.92. The zero-order chi connectivity index (χ0) is 21.1. The maximum Gasteiger partial charge on any atom is 0.426 e. The van der Waals surface area contributed by atoms with Gasteiger partial charge < -0.3 is 4.74 Å². The van der Waals surface area contributed by atoms with Gasteiger partial charge in [-0.05, 0) is 26.0 Å². The van der Waals surface area contributed by atoms with E-state index >= 15 is 0 Å². The van der Waals surface area contributed by atoms with Crippen LogP contribution < -0.4 is 11.1 Å². The van der Waals surface area contributed by atoms with Crippen molar-refractivity contribution in [3.05, 3.63) is 87.6 Å². The molecule has 7 nitrogen and oxygen atoms in total. The molecule has 0 bridgehead atoms. The predicted octanol–water partition coefficient (Wildman–Crippen LogP) is 3.16. The lowest BCUT2D eigenvalue weighted by Crippen LogP contribution is -2.36. The van der Waals surface area contributed by atoms with Crippen LogP contribution in [0.15, 0.2) is 53.3 Å². The molecule has 0 atom stereocenters. The third-order valence-electron chi connectivity index (χ3n) is 4.16. The van der Waals surface area contributed by atoms with Crippen molar-refractivity contribution in [2.45, 2.75) is 13.8 Å². The number of nitrogens with one attached hydrogen (secondary N) is 1. The predicted molar refractivity (Wildman–Crippen MR) is 101 cm³/mol. The molecule has 0 radical (unpaired) electrons. The number of rotatable bonds is 5. The largest absolute Gasteiger partial charge is 0.449 e. The molecule has 0 unspecified atom stereocenters. The van der Waals surface area contributed by atoms with Gasteiger partial charge in [-0.1, -0.05) is 30.3 Å². The summed E-state index contributed by atoms with van der Waals surface area (Å²) in [6, 6.07) is 10.8. The molecular formula is C20H17F2N3O4. The topological polar surface area (TPSA) is 82.3 Å². The molecule has 3 aromatic rings. The maximum absolute atomic E-state index is 14.3. The van der Waals surface area contributed by atoms with Crippen molar-refractivity contribution in [2.24, 2.45) is 0 Å². The molecule has 0 fully saturated rings. The van der Waals surface area contributed by atoms with Gasteiger partial charge in [-0.15, -0.1) is 0 Å². The molecule has 1 N–H and O–H groups in total. The summed E-state index contributed by atoms with van der Waals surface area (Å²) in [5.74, 6) is -2.39. The average molecular weight is 401 g/mol.